The van der Waals surface area contributed by atoms with Crippen molar-refractivity contribution in [3.8, 4) is 0 Å². The monoisotopic (exact) mass is 315 g/mol. The van der Waals surface area contributed by atoms with Gasteiger partial charge in [-0.25, -0.2) is 4.98 Å². The number of hydrogen-bond donors (Lipinski definition) is 0. The largest absolute Gasteiger partial charge is 0.299 e. The molecule has 0 spiro atoms. The van der Waals surface area contributed by atoms with Crippen molar-refractivity contribution in [3.05, 3.63) is 36.9 Å². The van der Waals surface area contributed by atoms with E-state index in [0.29, 0.717) is 12.8 Å². The van der Waals surface area contributed by atoms with E-state index in [-0.39, 0.29) is 5.78 Å². The van der Waals surface area contributed by atoms with Gasteiger partial charge in [0, 0.05) is 22.4 Å². The molecule has 0 aliphatic carbocycles. The van der Waals surface area contributed by atoms with E-state index in [0.717, 1.165) is 19.4 Å². The van der Waals surface area contributed by atoms with Gasteiger partial charge < -0.3 is 0 Å². The van der Waals surface area contributed by atoms with Gasteiger partial charge in [-0.05, 0) is 35.0 Å². The summed E-state index contributed by atoms with van der Waals surface area (Å²) in [4.78, 5) is 17.1. The Labute approximate surface area is 110 Å². The van der Waals surface area contributed by atoms with Gasteiger partial charge in [0.2, 0.25) is 0 Å². The number of Topliss-reactive ketones (excluding diaryl/α,β-unsaturated/α-hetero) is 1. The molecule has 2 nitrogen and oxygen atoms in total. The number of thiazole rings is 1. The molecule has 84 valence electrons. The van der Waals surface area contributed by atoms with E-state index in [1.54, 1.807) is 22.7 Å². The number of carbonyl (C=O) groups excluding carboxylic acids is 1. The molecule has 2 aromatic heterocycles. The van der Waals surface area contributed by atoms with Crippen LogP contribution in [-0.2, 0) is 17.6 Å². The number of nitrogens with zero attached hydrogens (tertiary/aromatic N) is 1. The first-order valence-corrected chi connectivity index (χ1v) is 7.29. The summed E-state index contributed by atoms with van der Waals surface area (Å²) in [6, 6.07) is 3.96. The maximum Gasteiger partial charge on any atom is 0.144 e. The van der Waals surface area contributed by atoms with Crippen molar-refractivity contribution in [2.75, 3.05) is 0 Å². The molecule has 0 radical (unpaired) electrons. The van der Waals surface area contributed by atoms with Crippen LogP contribution in [0.2, 0.25) is 0 Å². The van der Waals surface area contributed by atoms with Crippen LogP contribution < -0.4 is 0 Å². The summed E-state index contributed by atoms with van der Waals surface area (Å²) in [6.07, 6.45) is 0.961. The average molecular weight is 316 g/mol. The van der Waals surface area contributed by atoms with Gasteiger partial charge in [-0.15, -0.1) is 22.7 Å². The fourth-order valence-electron chi connectivity index (χ4n) is 1.36. The smallest absolute Gasteiger partial charge is 0.144 e. The second kappa shape index (κ2) is 5.21. The van der Waals surface area contributed by atoms with E-state index in [4.69, 9.17) is 0 Å². The topological polar surface area (TPSA) is 30.0 Å². The Bertz CT molecular complexity index is 459. The van der Waals surface area contributed by atoms with Crippen LogP contribution in [0.3, 0.4) is 0 Å². The van der Waals surface area contributed by atoms with Gasteiger partial charge in [0.15, 0.2) is 0 Å². The number of carbonyl (C=O) groups is 1. The number of halogens is 1. The predicted molar refractivity (Wildman–Crippen MR) is 71.3 cm³/mol. The highest BCUT2D eigenvalue weighted by Crippen LogP contribution is 2.23. The predicted octanol–water partition coefficient (Wildman–Crippen LogP) is 3.63. The first-order valence-electron chi connectivity index (χ1n) is 4.80. The Morgan fingerprint density at radius 1 is 1.44 bits per heavy atom. The van der Waals surface area contributed by atoms with Crippen molar-refractivity contribution in [2.45, 2.75) is 19.8 Å². The highest BCUT2D eigenvalue weighted by Gasteiger charge is 2.09. The van der Waals surface area contributed by atoms with Gasteiger partial charge in [-0.1, -0.05) is 0 Å². The van der Waals surface area contributed by atoms with Crippen molar-refractivity contribution in [1.82, 2.24) is 4.98 Å². The van der Waals surface area contributed by atoms with Crippen LogP contribution in [0.1, 0.15) is 15.6 Å². The number of aromatic nitrogens is 1. The van der Waals surface area contributed by atoms with Crippen molar-refractivity contribution >= 4 is 44.4 Å². The highest BCUT2D eigenvalue weighted by molar-refractivity contribution is 9.11. The second-order valence-corrected chi connectivity index (χ2v) is 6.97. The van der Waals surface area contributed by atoms with E-state index in [9.17, 15) is 4.79 Å². The zero-order chi connectivity index (χ0) is 11.5. The molecular weight excluding hydrogens is 306 g/mol. The molecule has 0 bridgehead atoms. The molecule has 2 rings (SSSR count). The fourth-order valence-corrected chi connectivity index (χ4v) is 3.67. The SMILES string of the molecule is Cc1csc(CC(=O)Cc2ccc(Br)s2)n1. The summed E-state index contributed by atoms with van der Waals surface area (Å²) in [6.45, 7) is 1.95. The lowest BCUT2D eigenvalue weighted by Gasteiger charge is -1.95. The van der Waals surface area contributed by atoms with E-state index >= 15 is 0 Å². The molecule has 0 aromatic carbocycles. The molecule has 0 amide bonds. The first-order chi connectivity index (χ1) is 7.63. The lowest BCUT2D eigenvalue weighted by Crippen LogP contribution is -2.05. The maximum atomic E-state index is 11.8. The van der Waals surface area contributed by atoms with Crippen molar-refractivity contribution in [1.29, 1.82) is 0 Å². The van der Waals surface area contributed by atoms with Gasteiger partial charge >= 0.3 is 0 Å². The number of aryl methyl sites for hydroxylation is 1. The van der Waals surface area contributed by atoms with Gasteiger partial charge in [-0.3, -0.25) is 4.79 Å². The third-order valence-corrected chi connectivity index (χ3v) is 4.61. The Morgan fingerprint density at radius 3 is 2.81 bits per heavy atom. The van der Waals surface area contributed by atoms with Crippen molar-refractivity contribution in [3.63, 3.8) is 0 Å². The summed E-state index contributed by atoms with van der Waals surface area (Å²) < 4.78 is 1.07. The molecule has 5 heteroatoms. The first kappa shape index (κ1) is 12.0. The van der Waals surface area contributed by atoms with Crippen LogP contribution >= 0.6 is 38.6 Å². The van der Waals surface area contributed by atoms with Gasteiger partial charge in [0.05, 0.1) is 10.2 Å². The third kappa shape index (κ3) is 3.23. The molecule has 0 unspecified atom stereocenters. The molecule has 0 saturated carbocycles. The van der Waals surface area contributed by atoms with Gasteiger partial charge in [0.1, 0.15) is 10.8 Å². The standard InChI is InChI=1S/C11H10BrNOS2/c1-7-6-15-11(13-7)5-8(14)4-9-2-3-10(12)16-9/h2-3,6H,4-5H2,1H3. The van der Waals surface area contributed by atoms with Crippen LogP contribution in [-0.4, -0.2) is 10.8 Å². The van der Waals surface area contributed by atoms with Crippen LogP contribution in [0, 0.1) is 6.92 Å². The number of thiophene rings is 1. The summed E-state index contributed by atoms with van der Waals surface area (Å²) in [5.74, 6) is 0.226. The number of hydrogen-bond acceptors (Lipinski definition) is 4. The van der Waals surface area contributed by atoms with E-state index < -0.39 is 0 Å². The zero-order valence-corrected chi connectivity index (χ0v) is 11.9. The number of rotatable bonds is 4. The van der Waals surface area contributed by atoms with Gasteiger partial charge in [-0.2, -0.15) is 0 Å². The van der Waals surface area contributed by atoms with E-state index in [1.165, 1.54) is 0 Å². The molecular formula is C11H10BrNOS2. The molecule has 16 heavy (non-hydrogen) atoms. The minimum absolute atomic E-state index is 0.226. The molecule has 0 N–H and O–H groups in total. The minimum atomic E-state index is 0.226. The Hall–Kier alpha value is -0.520. The lowest BCUT2D eigenvalue weighted by atomic mass is 10.2. The fraction of sp³-hybridized carbons (Fsp3) is 0.273. The normalized spacial score (nSPS) is 10.6. The highest BCUT2D eigenvalue weighted by atomic mass is 79.9. The molecule has 0 atom stereocenters. The van der Waals surface area contributed by atoms with Gasteiger partial charge in [0.25, 0.3) is 0 Å². The van der Waals surface area contributed by atoms with Crippen LogP contribution in [0.25, 0.3) is 0 Å². The second-order valence-electron chi connectivity index (χ2n) is 3.48. The average Bonchev–Trinajstić information content (AvgIpc) is 2.76. The molecule has 2 aromatic rings. The molecule has 0 fully saturated rings. The molecule has 0 saturated heterocycles. The Kier molecular flexibility index (Phi) is 3.89. The van der Waals surface area contributed by atoms with Crippen molar-refractivity contribution < 1.29 is 4.79 Å². The van der Waals surface area contributed by atoms with Crippen LogP contribution in [0.15, 0.2) is 21.3 Å². The minimum Gasteiger partial charge on any atom is -0.299 e. The van der Waals surface area contributed by atoms with E-state index in [2.05, 4.69) is 20.9 Å². The third-order valence-electron chi connectivity index (χ3n) is 2.02. The summed E-state index contributed by atoms with van der Waals surface area (Å²) in [5, 5.41) is 2.89. The Balaban J connectivity index is 1.94. The van der Waals surface area contributed by atoms with Crippen LogP contribution in [0.5, 0.6) is 0 Å². The molecule has 0 aliphatic heterocycles. The van der Waals surface area contributed by atoms with Crippen LogP contribution in [0.4, 0.5) is 0 Å². The summed E-state index contributed by atoms with van der Waals surface area (Å²) >= 11 is 6.56. The summed E-state index contributed by atoms with van der Waals surface area (Å²) in [7, 11) is 0. The Morgan fingerprint density at radius 2 is 2.25 bits per heavy atom. The van der Waals surface area contributed by atoms with E-state index in [1.807, 2.05) is 24.4 Å². The molecule has 2 heterocycles. The summed E-state index contributed by atoms with van der Waals surface area (Å²) in [5.41, 5.74) is 0.992. The van der Waals surface area contributed by atoms with Crippen molar-refractivity contribution in [2.24, 2.45) is 0 Å². The molecule has 0 aliphatic rings. The maximum absolute atomic E-state index is 11.8. The number of ketones is 1. The zero-order valence-electron chi connectivity index (χ0n) is 8.70. The lowest BCUT2D eigenvalue weighted by molar-refractivity contribution is -0.117. The quantitative estimate of drug-likeness (QED) is 0.862.